The average Bonchev–Trinajstić information content (AvgIpc) is 2.95. The van der Waals surface area contributed by atoms with Crippen LogP contribution < -0.4 is 5.32 Å². The highest BCUT2D eigenvalue weighted by molar-refractivity contribution is 7.11. The number of hydrogen-bond acceptors (Lipinski definition) is 3. The number of benzene rings is 2. The van der Waals surface area contributed by atoms with Gasteiger partial charge in [0.15, 0.2) is 5.69 Å². The molecule has 0 amide bonds. The summed E-state index contributed by atoms with van der Waals surface area (Å²) < 4.78 is 52.3. The van der Waals surface area contributed by atoms with Crippen LogP contribution in [-0.2, 0) is 12.7 Å². The number of thiazole rings is 1. The van der Waals surface area contributed by atoms with Gasteiger partial charge in [-0.05, 0) is 30.7 Å². The molecule has 1 N–H and O–H groups in total. The first-order chi connectivity index (χ1) is 11.8. The van der Waals surface area contributed by atoms with Gasteiger partial charge in [0.2, 0.25) is 0 Å². The highest BCUT2D eigenvalue weighted by Crippen LogP contribution is 2.35. The van der Waals surface area contributed by atoms with Crippen LogP contribution in [0.25, 0.3) is 11.1 Å². The number of alkyl halides is 3. The molecular formula is C18H14F4N2S. The number of aryl methyl sites for hydroxylation is 1. The molecule has 0 aliphatic heterocycles. The lowest BCUT2D eigenvalue weighted by Crippen LogP contribution is -2.11. The van der Waals surface area contributed by atoms with Crippen molar-refractivity contribution in [2.24, 2.45) is 0 Å². The first-order valence-corrected chi connectivity index (χ1v) is 8.28. The molecule has 2 aromatic carbocycles. The third-order valence-corrected chi connectivity index (χ3v) is 4.57. The smallest absolute Gasteiger partial charge is 0.380 e. The van der Waals surface area contributed by atoms with Crippen LogP contribution in [0.3, 0.4) is 0 Å². The van der Waals surface area contributed by atoms with Crippen molar-refractivity contribution in [3.05, 3.63) is 69.9 Å². The van der Waals surface area contributed by atoms with Gasteiger partial charge in [0.05, 0.1) is 16.4 Å². The van der Waals surface area contributed by atoms with Crippen molar-refractivity contribution >= 4 is 17.0 Å². The van der Waals surface area contributed by atoms with E-state index < -0.39 is 11.9 Å². The predicted octanol–water partition coefficient (Wildman–Crippen LogP) is 5.89. The molecule has 130 valence electrons. The quantitative estimate of drug-likeness (QED) is 0.583. The van der Waals surface area contributed by atoms with E-state index in [-0.39, 0.29) is 17.2 Å². The van der Waals surface area contributed by atoms with E-state index in [1.807, 2.05) is 12.1 Å². The summed E-state index contributed by atoms with van der Waals surface area (Å²) in [4.78, 5) is 3.73. The molecule has 0 spiro atoms. The normalized spacial score (nSPS) is 11.6. The minimum atomic E-state index is -4.47. The topological polar surface area (TPSA) is 24.9 Å². The fourth-order valence-electron chi connectivity index (χ4n) is 2.50. The summed E-state index contributed by atoms with van der Waals surface area (Å²) >= 11 is 1.02. The molecule has 0 saturated heterocycles. The van der Waals surface area contributed by atoms with Gasteiger partial charge in [-0.25, -0.2) is 9.37 Å². The summed E-state index contributed by atoms with van der Waals surface area (Å²) in [6.07, 6.45) is -4.47. The van der Waals surface area contributed by atoms with Crippen LogP contribution in [-0.4, -0.2) is 4.98 Å². The van der Waals surface area contributed by atoms with Crippen LogP contribution in [0.4, 0.5) is 23.2 Å². The molecule has 0 fully saturated rings. The van der Waals surface area contributed by atoms with Gasteiger partial charge in [-0.3, -0.25) is 0 Å². The third-order valence-electron chi connectivity index (χ3n) is 3.59. The van der Waals surface area contributed by atoms with E-state index >= 15 is 0 Å². The molecule has 2 nitrogen and oxygen atoms in total. The van der Waals surface area contributed by atoms with Crippen molar-refractivity contribution in [3.63, 3.8) is 0 Å². The maximum Gasteiger partial charge on any atom is 0.434 e. The van der Waals surface area contributed by atoms with Crippen LogP contribution in [0.1, 0.15) is 15.6 Å². The standard InChI is InChI=1S/C18H14F4N2S/c1-11-24-17(18(20,21)22)16(25-11)10-23-15-5-3-2-4-14(15)12-6-8-13(19)9-7-12/h2-9,23H,10H2,1H3. The summed E-state index contributed by atoms with van der Waals surface area (Å²) in [6.45, 7) is 1.56. The van der Waals surface area contributed by atoms with Gasteiger partial charge in [-0.2, -0.15) is 13.2 Å². The van der Waals surface area contributed by atoms with E-state index in [1.54, 1.807) is 31.2 Å². The maximum atomic E-state index is 13.1. The highest BCUT2D eigenvalue weighted by Gasteiger charge is 2.36. The Balaban J connectivity index is 1.87. The Hall–Kier alpha value is -2.41. The van der Waals surface area contributed by atoms with Crippen LogP contribution in [0.2, 0.25) is 0 Å². The summed E-state index contributed by atoms with van der Waals surface area (Å²) in [5, 5.41) is 3.42. The second kappa shape index (κ2) is 6.84. The predicted molar refractivity (Wildman–Crippen MR) is 91.0 cm³/mol. The first-order valence-electron chi connectivity index (χ1n) is 7.47. The zero-order chi connectivity index (χ0) is 18.0. The number of anilines is 1. The second-order valence-corrected chi connectivity index (χ2v) is 6.70. The van der Waals surface area contributed by atoms with Crippen molar-refractivity contribution < 1.29 is 17.6 Å². The van der Waals surface area contributed by atoms with Crippen molar-refractivity contribution in [1.82, 2.24) is 4.98 Å². The Kier molecular flexibility index (Phi) is 4.76. The van der Waals surface area contributed by atoms with Gasteiger partial charge in [0.1, 0.15) is 5.82 Å². The largest absolute Gasteiger partial charge is 0.434 e. The Bertz CT molecular complexity index is 870. The van der Waals surface area contributed by atoms with Gasteiger partial charge in [0.25, 0.3) is 0 Å². The van der Waals surface area contributed by atoms with Crippen molar-refractivity contribution in [2.45, 2.75) is 19.6 Å². The number of halogens is 4. The molecule has 0 atom stereocenters. The summed E-state index contributed by atoms with van der Waals surface area (Å²) in [7, 11) is 0. The Morgan fingerprint density at radius 1 is 1.04 bits per heavy atom. The lowest BCUT2D eigenvalue weighted by molar-refractivity contribution is -0.141. The third kappa shape index (κ3) is 3.99. The van der Waals surface area contributed by atoms with Crippen molar-refractivity contribution in [1.29, 1.82) is 0 Å². The molecule has 0 saturated carbocycles. The monoisotopic (exact) mass is 366 g/mol. The second-order valence-electron chi connectivity index (χ2n) is 5.41. The van der Waals surface area contributed by atoms with Crippen molar-refractivity contribution in [2.75, 3.05) is 5.32 Å². The van der Waals surface area contributed by atoms with E-state index in [0.29, 0.717) is 10.7 Å². The summed E-state index contributed by atoms with van der Waals surface area (Å²) in [5.41, 5.74) is 1.40. The number of nitrogens with one attached hydrogen (secondary N) is 1. The van der Waals surface area contributed by atoms with Gasteiger partial charge in [-0.1, -0.05) is 30.3 Å². The fourth-order valence-corrected chi connectivity index (χ4v) is 3.40. The van der Waals surface area contributed by atoms with E-state index in [4.69, 9.17) is 0 Å². The van der Waals surface area contributed by atoms with E-state index in [2.05, 4.69) is 10.3 Å². The van der Waals surface area contributed by atoms with Crippen molar-refractivity contribution in [3.8, 4) is 11.1 Å². The number of nitrogens with zero attached hydrogens (tertiary/aromatic N) is 1. The van der Waals surface area contributed by atoms with Gasteiger partial charge >= 0.3 is 6.18 Å². The van der Waals surface area contributed by atoms with Gasteiger partial charge in [-0.15, -0.1) is 11.3 Å². The zero-order valence-electron chi connectivity index (χ0n) is 13.2. The van der Waals surface area contributed by atoms with Gasteiger partial charge in [0, 0.05) is 11.3 Å². The van der Waals surface area contributed by atoms with Crippen LogP contribution in [0.15, 0.2) is 48.5 Å². The first kappa shape index (κ1) is 17.4. The molecule has 0 radical (unpaired) electrons. The van der Waals surface area contributed by atoms with Crippen LogP contribution in [0.5, 0.6) is 0 Å². The minimum Gasteiger partial charge on any atom is -0.380 e. The Morgan fingerprint density at radius 2 is 1.72 bits per heavy atom. The van der Waals surface area contributed by atoms with Gasteiger partial charge < -0.3 is 5.32 Å². The summed E-state index contributed by atoms with van der Waals surface area (Å²) in [6, 6.07) is 13.2. The van der Waals surface area contributed by atoms with Crippen LogP contribution in [0, 0.1) is 12.7 Å². The lowest BCUT2D eigenvalue weighted by Gasteiger charge is -2.13. The number of hydrogen-bond donors (Lipinski definition) is 1. The molecule has 7 heteroatoms. The minimum absolute atomic E-state index is 0.0125. The molecule has 0 aliphatic carbocycles. The molecule has 0 unspecified atom stereocenters. The number of aromatic nitrogens is 1. The average molecular weight is 366 g/mol. The number of para-hydroxylation sites is 1. The molecule has 25 heavy (non-hydrogen) atoms. The molecule has 3 rings (SSSR count). The molecule has 3 aromatic rings. The SMILES string of the molecule is Cc1nc(C(F)(F)F)c(CNc2ccccc2-c2ccc(F)cc2)s1. The molecular weight excluding hydrogens is 352 g/mol. The molecule has 0 aliphatic rings. The van der Waals surface area contributed by atoms with Crippen LogP contribution >= 0.6 is 11.3 Å². The summed E-state index contributed by atoms with van der Waals surface area (Å²) in [5.74, 6) is -0.343. The fraction of sp³-hybridized carbons (Fsp3) is 0.167. The lowest BCUT2D eigenvalue weighted by atomic mass is 10.0. The Morgan fingerprint density at radius 3 is 2.40 bits per heavy atom. The number of rotatable bonds is 4. The maximum absolute atomic E-state index is 13.1. The van der Waals surface area contributed by atoms with E-state index in [9.17, 15) is 17.6 Å². The molecule has 1 heterocycles. The zero-order valence-corrected chi connectivity index (χ0v) is 14.0. The van der Waals surface area contributed by atoms with E-state index in [0.717, 1.165) is 22.5 Å². The van der Waals surface area contributed by atoms with E-state index in [1.165, 1.54) is 12.1 Å². The highest BCUT2D eigenvalue weighted by atomic mass is 32.1. The molecule has 0 bridgehead atoms. The Labute approximate surface area is 146 Å². The molecule has 1 aromatic heterocycles.